The van der Waals surface area contributed by atoms with Crippen LogP contribution in [-0.4, -0.2) is 22.8 Å². The lowest BCUT2D eigenvalue weighted by atomic mass is 10.7. The van der Waals surface area contributed by atoms with Crippen molar-refractivity contribution in [2.24, 2.45) is 0 Å². The molecule has 0 saturated carbocycles. The Morgan fingerprint density at radius 2 is 2.42 bits per heavy atom. The van der Waals surface area contributed by atoms with E-state index in [0.29, 0.717) is 5.95 Å². The van der Waals surface area contributed by atoms with Gasteiger partial charge in [0.25, 0.3) is 0 Å². The maximum absolute atomic E-state index is 4.27. The van der Waals surface area contributed by atoms with Gasteiger partial charge in [-0.15, -0.1) is 11.8 Å². The van der Waals surface area contributed by atoms with E-state index in [2.05, 4.69) is 38.1 Å². The molecule has 1 rings (SSSR count). The van der Waals surface area contributed by atoms with Crippen molar-refractivity contribution in [1.29, 1.82) is 0 Å². The van der Waals surface area contributed by atoms with E-state index in [1.54, 1.807) is 18.0 Å². The number of aromatic nitrogens is 2. The highest BCUT2D eigenvalue weighted by Gasteiger charge is 2.02. The molecule has 1 heterocycles. The summed E-state index contributed by atoms with van der Waals surface area (Å²) < 4.78 is 0.952. The SMILES string of the molecule is CCSc1nc(NC)ncc1Br. The summed E-state index contributed by atoms with van der Waals surface area (Å²) in [6.07, 6.45) is 1.76. The lowest BCUT2D eigenvalue weighted by molar-refractivity contribution is 1.03. The van der Waals surface area contributed by atoms with Crippen LogP contribution in [0.25, 0.3) is 0 Å². The number of hydrogen-bond acceptors (Lipinski definition) is 4. The molecule has 0 aliphatic heterocycles. The first-order chi connectivity index (χ1) is 5.77. The minimum absolute atomic E-state index is 0.661. The third kappa shape index (κ3) is 2.35. The van der Waals surface area contributed by atoms with Crippen LogP contribution < -0.4 is 5.32 Å². The van der Waals surface area contributed by atoms with Crippen LogP contribution in [0.2, 0.25) is 0 Å². The van der Waals surface area contributed by atoms with Crippen LogP contribution >= 0.6 is 27.7 Å². The Bertz CT molecular complexity index is 267. The Labute approximate surface area is 84.5 Å². The van der Waals surface area contributed by atoms with Crippen molar-refractivity contribution < 1.29 is 0 Å². The standard InChI is InChI=1S/C7H10BrN3S/c1-3-12-6-5(8)4-10-7(9-2)11-6/h4H,3H2,1-2H3,(H,9,10,11). The average molecular weight is 248 g/mol. The van der Waals surface area contributed by atoms with Crippen molar-refractivity contribution in [2.45, 2.75) is 11.9 Å². The minimum atomic E-state index is 0.661. The Hall–Kier alpha value is -0.290. The first-order valence-electron chi connectivity index (χ1n) is 3.61. The molecule has 1 aromatic rings. The summed E-state index contributed by atoms with van der Waals surface area (Å²) in [5.74, 6) is 1.67. The van der Waals surface area contributed by atoms with Crippen molar-refractivity contribution in [2.75, 3.05) is 18.1 Å². The molecule has 1 aromatic heterocycles. The summed E-state index contributed by atoms with van der Waals surface area (Å²) in [7, 11) is 1.81. The Balaban J connectivity index is 2.91. The van der Waals surface area contributed by atoms with Gasteiger partial charge in [-0.05, 0) is 21.7 Å². The van der Waals surface area contributed by atoms with Crippen LogP contribution in [0.4, 0.5) is 5.95 Å². The highest BCUT2D eigenvalue weighted by Crippen LogP contribution is 2.24. The zero-order valence-electron chi connectivity index (χ0n) is 6.97. The molecular formula is C7H10BrN3S. The molecule has 1 N–H and O–H groups in total. The molecular weight excluding hydrogens is 238 g/mol. The Kier molecular flexibility index (Phi) is 3.81. The fourth-order valence-corrected chi connectivity index (χ4v) is 1.86. The Morgan fingerprint density at radius 1 is 1.67 bits per heavy atom. The molecule has 0 atom stereocenters. The second-order valence-corrected chi connectivity index (χ2v) is 4.14. The summed E-state index contributed by atoms with van der Waals surface area (Å²) in [5, 5.41) is 3.88. The van der Waals surface area contributed by atoms with Crippen molar-refractivity contribution in [3.8, 4) is 0 Å². The maximum atomic E-state index is 4.27. The maximum Gasteiger partial charge on any atom is 0.223 e. The van der Waals surface area contributed by atoms with Crippen molar-refractivity contribution in [3.05, 3.63) is 10.7 Å². The van der Waals surface area contributed by atoms with Crippen LogP contribution in [0, 0.1) is 0 Å². The number of thioether (sulfide) groups is 1. The van der Waals surface area contributed by atoms with Crippen LogP contribution in [0.3, 0.4) is 0 Å². The number of nitrogens with one attached hydrogen (secondary N) is 1. The summed E-state index contributed by atoms with van der Waals surface area (Å²) in [5.41, 5.74) is 0. The fraction of sp³-hybridized carbons (Fsp3) is 0.429. The van der Waals surface area contributed by atoms with Gasteiger partial charge in [0.1, 0.15) is 5.03 Å². The lowest BCUT2D eigenvalue weighted by Gasteiger charge is -2.02. The molecule has 3 nitrogen and oxygen atoms in total. The van der Waals surface area contributed by atoms with Gasteiger partial charge in [-0.3, -0.25) is 0 Å². The van der Waals surface area contributed by atoms with E-state index in [9.17, 15) is 0 Å². The molecule has 0 unspecified atom stereocenters. The first kappa shape index (κ1) is 9.80. The summed E-state index contributed by atoms with van der Waals surface area (Å²) in [6.45, 7) is 2.10. The second kappa shape index (κ2) is 4.67. The predicted molar refractivity (Wildman–Crippen MR) is 55.7 cm³/mol. The number of nitrogens with zero attached hydrogens (tertiary/aromatic N) is 2. The first-order valence-corrected chi connectivity index (χ1v) is 5.39. The normalized spacial score (nSPS) is 9.92. The van der Waals surface area contributed by atoms with E-state index >= 15 is 0 Å². The van der Waals surface area contributed by atoms with Crippen molar-refractivity contribution in [1.82, 2.24) is 9.97 Å². The van der Waals surface area contributed by atoms with E-state index in [1.165, 1.54) is 0 Å². The molecule has 0 amide bonds. The molecule has 66 valence electrons. The quantitative estimate of drug-likeness (QED) is 0.658. The highest BCUT2D eigenvalue weighted by molar-refractivity contribution is 9.10. The molecule has 5 heteroatoms. The average Bonchev–Trinajstić information content (AvgIpc) is 2.09. The molecule has 0 radical (unpaired) electrons. The van der Waals surface area contributed by atoms with Gasteiger partial charge >= 0.3 is 0 Å². The largest absolute Gasteiger partial charge is 0.357 e. The smallest absolute Gasteiger partial charge is 0.223 e. The van der Waals surface area contributed by atoms with E-state index in [4.69, 9.17) is 0 Å². The zero-order valence-corrected chi connectivity index (χ0v) is 9.37. The van der Waals surface area contributed by atoms with Gasteiger partial charge in [0, 0.05) is 13.2 Å². The third-order valence-corrected chi connectivity index (χ3v) is 2.93. The number of rotatable bonds is 3. The Morgan fingerprint density at radius 3 is 3.00 bits per heavy atom. The van der Waals surface area contributed by atoms with Gasteiger partial charge in [-0.25, -0.2) is 9.97 Å². The van der Waals surface area contributed by atoms with Gasteiger partial charge < -0.3 is 5.32 Å². The fourth-order valence-electron chi connectivity index (χ4n) is 0.710. The second-order valence-electron chi connectivity index (χ2n) is 2.03. The van der Waals surface area contributed by atoms with Crippen LogP contribution in [0.1, 0.15) is 6.92 Å². The van der Waals surface area contributed by atoms with Crippen LogP contribution in [0.15, 0.2) is 15.7 Å². The van der Waals surface area contributed by atoms with Gasteiger partial charge in [-0.1, -0.05) is 6.92 Å². The molecule has 0 saturated heterocycles. The molecule has 0 bridgehead atoms. The third-order valence-electron chi connectivity index (χ3n) is 1.22. The van der Waals surface area contributed by atoms with Crippen molar-refractivity contribution >= 4 is 33.6 Å². The van der Waals surface area contributed by atoms with Crippen molar-refractivity contribution in [3.63, 3.8) is 0 Å². The summed E-state index contributed by atoms with van der Waals surface area (Å²) in [6, 6.07) is 0. The minimum Gasteiger partial charge on any atom is -0.357 e. The van der Waals surface area contributed by atoms with Gasteiger partial charge in [0.15, 0.2) is 0 Å². The van der Waals surface area contributed by atoms with Crippen LogP contribution in [0.5, 0.6) is 0 Å². The molecule has 0 fully saturated rings. The lowest BCUT2D eigenvalue weighted by Crippen LogP contribution is -1.97. The van der Waals surface area contributed by atoms with Gasteiger partial charge in [0.2, 0.25) is 5.95 Å². The number of hydrogen-bond donors (Lipinski definition) is 1. The molecule has 0 aromatic carbocycles. The molecule has 0 aliphatic rings. The van der Waals surface area contributed by atoms with E-state index in [1.807, 2.05) is 7.05 Å². The monoisotopic (exact) mass is 247 g/mol. The topological polar surface area (TPSA) is 37.8 Å². The summed E-state index contributed by atoms with van der Waals surface area (Å²) in [4.78, 5) is 8.33. The molecule has 0 spiro atoms. The predicted octanol–water partition coefficient (Wildman–Crippen LogP) is 2.39. The van der Waals surface area contributed by atoms with E-state index in [0.717, 1.165) is 15.3 Å². The highest BCUT2D eigenvalue weighted by atomic mass is 79.9. The van der Waals surface area contributed by atoms with Gasteiger partial charge in [0.05, 0.1) is 4.47 Å². The summed E-state index contributed by atoms with van der Waals surface area (Å²) >= 11 is 5.08. The van der Waals surface area contributed by atoms with Gasteiger partial charge in [-0.2, -0.15) is 0 Å². The van der Waals surface area contributed by atoms with Crippen LogP contribution in [-0.2, 0) is 0 Å². The zero-order chi connectivity index (χ0) is 8.97. The van der Waals surface area contributed by atoms with E-state index < -0.39 is 0 Å². The number of halogens is 1. The molecule has 0 aliphatic carbocycles. The van der Waals surface area contributed by atoms with E-state index in [-0.39, 0.29) is 0 Å². The number of anilines is 1. The molecule has 12 heavy (non-hydrogen) atoms.